The van der Waals surface area contributed by atoms with E-state index in [1.807, 2.05) is 6.07 Å². The van der Waals surface area contributed by atoms with Gasteiger partial charge >= 0.3 is 0 Å². The number of benzene rings is 2. The van der Waals surface area contributed by atoms with E-state index in [2.05, 4.69) is 42.6 Å². The van der Waals surface area contributed by atoms with E-state index in [1.54, 1.807) is 12.1 Å². The van der Waals surface area contributed by atoms with E-state index in [0.717, 1.165) is 18.4 Å². The van der Waals surface area contributed by atoms with E-state index in [-0.39, 0.29) is 11.9 Å². The number of hydrogen-bond acceptors (Lipinski definition) is 1. The first kappa shape index (κ1) is 13.6. The van der Waals surface area contributed by atoms with E-state index in [0.29, 0.717) is 11.8 Å². The molecule has 0 radical (unpaired) electrons. The minimum absolute atomic E-state index is 0.158. The summed E-state index contributed by atoms with van der Waals surface area (Å²) in [5, 5.41) is 3.66. The molecule has 2 aromatic rings. The Morgan fingerprint density at radius 2 is 2.09 bits per heavy atom. The fourth-order valence-corrected chi connectivity index (χ4v) is 3.89. The molecular formula is C20H20FN. The third-order valence-electron chi connectivity index (χ3n) is 5.04. The molecular weight excluding hydrogens is 273 g/mol. The van der Waals surface area contributed by atoms with E-state index in [9.17, 15) is 4.39 Å². The van der Waals surface area contributed by atoms with Crippen LogP contribution < -0.4 is 5.32 Å². The minimum Gasteiger partial charge on any atom is -0.378 e. The molecule has 2 heteroatoms. The molecule has 0 unspecified atom stereocenters. The number of halogens is 1. The van der Waals surface area contributed by atoms with Gasteiger partial charge in [-0.1, -0.05) is 43.3 Å². The van der Waals surface area contributed by atoms with Crippen LogP contribution in [-0.2, 0) is 6.42 Å². The summed E-state index contributed by atoms with van der Waals surface area (Å²) in [6, 6.07) is 13.9. The monoisotopic (exact) mass is 293 g/mol. The lowest BCUT2D eigenvalue weighted by Gasteiger charge is -2.37. The SMILES string of the molecule is CCc1ccc2c(c1)[C@@H]1C=CC[C@@H]1[C@H](c1cccc(F)c1)N2. The Bertz CT molecular complexity index is 734. The molecule has 1 nitrogen and oxygen atoms in total. The van der Waals surface area contributed by atoms with Gasteiger partial charge in [0.25, 0.3) is 0 Å². The van der Waals surface area contributed by atoms with Gasteiger partial charge in [0.1, 0.15) is 5.82 Å². The summed E-state index contributed by atoms with van der Waals surface area (Å²) < 4.78 is 13.6. The molecule has 2 aromatic carbocycles. The smallest absolute Gasteiger partial charge is 0.123 e. The maximum Gasteiger partial charge on any atom is 0.123 e. The van der Waals surface area contributed by atoms with Crippen molar-refractivity contribution in [1.29, 1.82) is 0 Å². The fourth-order valence-electron chi connectivity index (χ4n) is 3.89. The Morgan fingerprint density at radius 3 is 2.91 bits per heavy atom. The van der Waals surface area contributed by atoms with Crippen LogP contribution in [0, 0.1) is 11.7 Å². The molecule has 3 atom stereocenters. The van der Waals surface area contributed by atoms with Gasteiger partial charge in [-0.05, 0) is 53.6 Å². The normalized spacial score (nSPS) is 25.5. The van der Waals surface area contributed by atoms with Gasteiger partial charge in [0.05, 0.1) is 6.04 Å². The van der Waals surface area contributed by atoms with Gasteiger partial charge in [0.15, 0.2) is 0 Å². The molecule has 0 bridgehead atoms. The number of anilines is 1. The van der Waals surface area contributed by atoms with E-state index < -0.39 is 0 Å². The molecule has 22 heavy (non-hydrogen) atoms. The summed E-state index contributed by atoms with van der Waals surface area (Å²) in [7, 11) is 0. The lowest BCUT2D eigenvalue weighted by atomic mass is 9.76. The van der Waals surface area contributed by atoms with Gasteiger partial charge < -0.3 is 5.32 Å². The number of nitrogens with one attached hydrogen (secondary N) is 1. The van der Waals surface area contributed by atoms with Crippen LogP contribution in [0.4, 0.5) is 10.1 Å². The molecule has 0 aromatic heterocycles. The number of fused-ring (bicyclic) bond motifs is 3. The van der Waals surface area contributed by atoms with Crippen LogP contribution in [-0.4, -0.2) is 0 Å². The van der Waals surface area contributed by atoms with Crippen molar-refractivity contribution >= 4 is 5.69 Å². The zero-order valence-corrected chi connectivity index (χ0v) is 12.7. The predicted octanol–water partition coefficient (Wildman–Crippen LogP) is 5.21. The first-order valence-electron chi connectivity index (χ1n) is 8.07. The maximum absolute atomic E-state index is 13.6. The molecule has 1 aliphatic carbocycles. The molecule has 0 saturated heterocycles. The van der Waals surface area contributed by atoms with E-state index in [1.165, 1.54) is 22.9 Å². The lowest BCUT2D eigenvalue weighted by Crippen LogP contribution is -2.29. The van der Waals surface area contributed by atoms with Crippen LogP contribution in [0.3, 0.4) is 0 Å². The van der Waals surface area contributed by atoms with Crippen molar-refractivity contribution in [2.75, 3.05) is 5.32 Å². The Labute approximate surface area is 130 Å². The van der Waals surface area contributed by atoms with E-state index >= 15 is 0 Å². The fraction of sp³-hybridized carbons (Fsp3) is 0.300. The second-order valence-electron chi connectivity index (χ2n) is 6.31. The highest BCUT2D eigenvalue weighted by molar-refractivity contribution is 5.60. The lowest BCUT2D eigenvalue weighted by molar-refractivity contribution is 0.424. The summed E-state index contributed by atoms with van der Waals surface area (Å²) in [6.45, 7) is 2.19. The average molecular weight is 293 g/mol. The first-order valence-corrected chi connectivity index (χ1v) is 8.07. The molecule has 4 rings (SSSR count). The average Bonchev–Trinajstić information content (AvgIpc) is 3.03. The molecule has 1 N–H and O–H groups in total. The van der Waals surface area contributed by atoms with Gasteiger partial charge in [-0.3, -0.25) is 0 Å². The highest BCUT2D eigenvalue weighted by Crippen LogP contribution is 2.49. The number of allylic oxidation sites excluding steroid dienone is 2. The molecule has 2 aliphatic rings. The molecule has 0 amide bonds. The summed E-state index contributed by atoms with van der Waals surface area (Å²) in [5.41, 5.74) is 5.01. The maximum atomic E-state index is 13.6. The van der Waals surface area contributed by atoms with Crippen LogP contribution in [0.1, 0.15) is 42.0 Å². The van der Waals surface area contributed by atoms with Crippen molar-refractivity contribution in [2.45, 2.75) is 31.7 Å². The molecule has 0 spiro atoms. The van der Waals surface area contributed by atoms with E-state index in [4.69, 9.17) is 0 Å². The Balaban J connectivity index is 1.78. The number of aryl methyl sites for hydroxylation is 1. The topological polar surface area (TPSA) is 12.0 Å². The summed E-state index contributed by atoms with van der Waals surface area (Å²) in [4.78, 5) is 0. The molecule has 1 heterocycles. The largest absolute Gasteiger partial charge is 0.378 e. The Kier molecular flexibility index (Phi) is 3.25. The Hall–Kier alpha value is -2.09. The second-order valence-corrected chi connectivity index (χ2v) is 6.31. The van der Waals surface area contributed by atoms with Crippen molar-refractivity contribution < 1.29 is 4.39 Å². The van der Waals surface area contributed by atoms with Crippen LogP contribution in [0.25, 0.3) is 0 Å². The summed E-state index contributed by atoms with van der Waals surface area (Å²) in [5.74, 6) is 0.756. The van der Waals surface area contributed by atoms with Crippen molar-refractivity contribution in [2.24, 2.45) is 5.92 Å². The molecule has 112 valence electrons. The molecule has 0 saturated carbocycles. The minimum atomic E-state index is -0.158. The zero-order valence-electron chi connectivity index (χ0n) is 12.7. The second kappa shape index (κ2) is 5.28. The van der Waals surface area contributed by atoms with Crippen LogP contribution in [0.2, 0.25) is 0 Å². The third kappa shape index (κ3) is 2.14. The first-order chi connectivity index (χ1) is 10.8. The van der Waals surface area contributed by atoms with Gasteiger partial charge in [-0.25, -0.2) is 4.39 Å². The molecule has 0 fully saturated rings. The van der Waals surface area contributed by atoms with Crippen LogP contribution in [0.5, 0.6) is 0 Å². The number of rotatable bonds is 2. The molecule has 1 aliphatic heterocycles. The summed E-state index contributed by atoms with van der Waals surface area (Å²) in [6.07, 6.45) is 6.71. The quantitative estimate of drug-likeness (QED) is 0.749. The summed E-state index contributed by atoms with van der Waals surface area (Å²) >= 11 is 0. The van der Waals surface area contributed by atoms with Crippen LogP contribution >= 0.6 is 0 Å². The van der Waals surface area contributed by atoms with Crippen molar-refractivity contribution in [3.05, 3.63) is 77.1 Å². The highest BCUT2D eigenvalue weighted by atomic mass is 19.1. The van der Waals surface area contributed by atoms with Gasteiger partial charge in [0, 0.05) is 11.6 Å². The standard InChI is InChI=1S/C20H20FN/c1-2-13-9-10-19-18(11-13)16-7-4-8-17(16)20(22-19)14-5-3-6-15(21)12-14/h3-7,9-12,16-17,20,22H,2,8H2,1H3/t16-,17+,20+/m1/s1. The van der Waals surface area contributed by atoms with Crippen LogP contribution in [0.15, 0.2) is 54.6 Å². The van der Waals surface area contributed by atoms with Crippen molar-refractivity contribution in [1.82, 2.24) is 0 Å². The van der Waals surface area contributed by atoms with Gasteiger partial charge in [-0.15, -0.1) is 0 Å². The van der Waals surface area contributed by atoms with Crippen molar-refractivity contribution in [3.63, 3.8) is 0 Å². The highest BCUT2D eigenvalue weighted by Gasteiger charge is 2.37. The Morgan fingerprint density at radius 1 is 1.18 bits per heavy atom. The van der Waals surface area contributed by atoms with Gasteiger partial charge in [-0.2, -0.15) is 0 Å². The number of hydrogen-bond donors (Lipinski definition) is 1. The predicted molar refractivity (Wildman–Crippen MR) is 88.6 cm³/mol. The van der Waals surface area contributed by atoms with Gasteiger partial charge in [0.2, 0.25) is 0 Å². The third-order valence-corrected chi connectivity index (χ3v) is 5.04. The van der Waals surface area contributed by atoms with Crippen molar-refractivity contribution in [3.8, 4) is 0 Å². The zero-order chi connectivity index (χ0) is 15.1.